The molecule has 0 radical (unpaired) electrons. The summed E-state index contributed by atoms with van der Waals surface area (Å²) in [5.74, 6) is 1.02. The van der Waals surface area contributed by atoms with Crippen molar-refractivity contribution in [2.75, 3.05) is 19.6 Å². The molecular weight excluding hydrogens is 221 g/mol. The Labute approximate surface area is 92.0 Å². The highest BCUT2D eigenvalue weighted by molar-refractivity contribution is 5.74. The molecule has 2 unspecified atom stereocenters. The summed E-state index contributed by atoms with van der Waals surface area (Å²) in [5, 5.41) is 1.92. The van der Waals surface area contributed by atoms with E-state index < -0.39 is 18.8 Å². The highest BCUT2D eigenvalue weighted by atomic mass is 19.4. The van der Waals surface area contributed by atoms with Gasteiger partial charge in [-0.1, -0.05) is 6.42 Å². The maximum absolute atomic E-state index is 11.9. The third kappa shape index (κ3) is 2.59. The van der Waals surface area contributed by atoms with E-state index in [1.807, 2.05) is 5.32 Å². The summed E-state index contributed by atoms with van der Waals surface area (Å²) in [4.78, 5) is 13.0. The molecule has 0 aromatic carbocycles. The predicted octanol–water partition coefficient (Wildman–Crippen LogP) is 1.99. The molecule has 0 bridgehead atoms. The summed E-state index contributed by atoms with van der Waals surface area (Å²) in [7, 11) is 0. The third-order valence-electron chi connectivity index (χ3n) is 3.45. The fourth-order valence-corrected chi connectivity index (χ4v) is 2.69. The van der Waals surface area contributed by atoms with Crippen LogP contribution in [0.25, 0.3) is 0 Å². The predicted molar refractivity (Wildman–Crippen MR) is 51.9 cm³/mol. The Balaban J connectivity index is 1.79. The van der Waals surface area contributed by atoms with Crippen LogP contribution in [-0.4, -0.2) is 36.7 Å². The van der Waals surface area contributed by atoms with Crippen LogP contribution in [0.3, 0.4) is 0 Å². The van der Waals surface area contributed by atoms with Crippen LogP contribution < -0.4 is 5.32 Å². The highest BCUT2D eigenvalue weighted by Crippen LogP contribution is 2.37. The van der Waals surface area contributed by atoms with Crippen molar-refractivity contribution in [2.45, 2.75) is 25.4 Å². The van der Waals surface area contributed by atoms with Crippen molar-refractivity contribution in [1.82, 2.24) is 10.2 Å². The summed E-state index contributed by atoms with van der Waals surface area (Å²) in [6.07, 6.45) is -0.931. The number of nitrogens with one attached hydrogen (secondary N) is 1. The van der Waals surface area contributed by atoms with Gasteiger partial charge >= 0.3 is 12.2 Å². The number of hydrogen-bond acceptors (Lipinski definition) is 1. The Hall–Kier alpha value is -0.940. The van der Waals surface area contributed by atoms with Gasteiger partial charge in [-0.25, -0.2) is 4.79 Å². The van der Waals surface area contributed by atoms with E-state index in [1.165, 1.54) is 11.3 Å². The van der Waals surface area contributed by atoms with Crippen LogP contribution in [-0.2, 0) is 0 Å². The average molecular weight is 236 g/mol. The van der Waals surface area contributed by atoms with E-state index in [0.29, 0.717) is 24.9 Å². The summed E-state index contributed by atoms with van der Waals surface area (Å²) >= 11 is 0. The molecular formula is C10H15F3N2O. The number of carbonyl (C=O) groups excluding carboxylic acids is 1. The number of hydrogen-bond donors (Lipinski definition) is 1. The number of urea groups is 1. The minimum Gasteiger partial charge on any atom is -0.329 e. The molecule has 1 aliphatic carbocycles. The van der Waals surface area contributed by atoms with E-state index in [-0.39, 0.29) is 0 Å². The maximum Gasteiger partial charge on any atom is 0.405 e. The van der Waals surface area contributed by atoms with Gasteiger partial charge < -0.3 is 10.2 Å². The first kappa shape index (κ1) is 11.5. The van der Waals surface area contributed by atoms with E-state index in [9.17, 15) is 18.0 Å². The molecule has 1 heterocycles. The molecule has 2 rings (SSSR count). The standard InChI is InChI=1S/C10H15F3N2O/c11-10(12,13)6-14-9(16)15-4-7-2-1-3-8(7)5-15/h7-8H,1-6H2,(H,14,16). The zero-order chi connectivity index (χ0) is 11.8. The number of carbonyl (C=O) groups is 1. The van der Waals surface area contributed by atoms with Crippen LogP contribution in [0.4, 0.5) is 18.0 Å². The second-order valence-corrected chi connectivity index (χ2v) is 4.63. The fraction of sp³-hybridized carbons (Fsp3) is 0.900. The van der Waals surface area contributed by atoms with Gasteiger partial charge in [0.2, 0.25) is 0 Å². The van der Waals surface area contributed by atoms with Crippen molar-refractivity contribution in [2.24, 2.45) is 11.8 Å². The Morgan fingerprint density at radius 1 is 1.25 bits per heavy atom. The molecule has 3 nitrogen and oxygen atoms in total. The second-order valence-electron chi connectivity index (χ2n) is 4.63. The third-order valence-corrected chi connectivity index (χ3v) is 3.45. The fourth-order valence-electron chi connectivity index (χ4n) is 2.69. The molecule has 1 saturated heterocycles. The molecule has 2 fully saturated rings. The van der Waals surface area contributed by atoms with Gasteiger partial charge in [-0.2, -0.15) is 13.2 Å². The van der Waals surface area contributed by atoms with Gasteiger partial charge in [-0.05, 0) is 24.7 Å². The summed E-state index contributed by atoms with van der Waals surface area (Å²) in [5.41, 5.74) is 0. The number of likely N-dealkylation sites (tertiary alicyclic amines) is 1. The molecule has 2 amide bonds. The smallest absolute Gasteiger partial charge is 0.329 e. The van der Waals surface area contributed by atoms with Crippen LogP contribution in [0.1, 0.15) is 19.3 Å². The lowest BCUT2D eigenvalue weighted by Gasteiger charge is -2.18. The normalized spacial score (nSPS) is 29.3. The molecule has 6 heteroatoms. The average Bonchev–Trinajstić information content (AvgIpc) is 2.71. The molecule has 1 saturated carbocycles. The van der Waals surface area contributed by atoms with E-state index in [2.05, 4.69) is 0 Å². The highest BCUT2D eigenvalue weighted by Gasteiger charge is 2.38. The zero-order valence-corrected chi connectivity index (χ0v) is 8.89. The molecule has 1 N–H and O–H groups in total. The lowest BCUT2D eigenvalue weighted by Crippen LogP contribution is -2.43. The largest absolute Gasteiger partial charge is 0.405 e. The maximum atomic E-state index is 11.9. The van der Waals surface area contributed by atoms with Gasteiger partial charge in [0.05, 0.1) is 0 Å². The molecule has 0 aromatic heterocycles. The van der Waals surface area contributed by atoms with Crippen LogP contribution in [0, 0.1) is 11.8 Å². The van der Waals surface area contributed by atoms with Gasteiger partial charge in [0, 0.05) is 13.1 Å². The first-order valence-corrected chi connectivity index (χ1v) is 5.55. The molecule has 16 heavy (non-hydrogen) atoms. The zero-order valence-electron chi connectivity index (χ0n) is 8.89. The van der Waals surface area contributed by atoms with E-state index >= 15 is 0 Å². The summed E-state index contributed by atoms with van der Waals surface area (Å²) in [6, 6.07) is -0.577. The first-order chi connectivity index (χ1) is 7.46. The van der Waals surface area contributed by atoms with Crippen LogP contribution in [0.2, 0.25) is 0 Å². The quantitative estimate of drug-likeness (QED) is 0.742. The molecule has 0 spiro atoms. The van der Waals surface area contributed by atoms with Gasteiger partial charge in [-0.3, -0.25) is 0 Å². The van der Waals surface area contributed by atoms with Crippen molar-refractivity contribution in [3.05, 3.63) is 0 Å². The minimum atomic E-state index is -4.33. The van der Waals surface area contributed by atoms with E-state index in [0.717, 1.165) is 12.8 Å². The van der Waals surface area contributed by atoms with Crippen LogP contribution in [0.5, 0.6) is 0 Å². The molecule has 92 valence electrons. The lowest BCUT2D eigenvalue weighted by molar-refractivity contribution is -0.123. The Morgan fingerprint density at radius 3 is 2.31 bits per heavy atom. The monoisotopic (exact) mass is 236 g/mol. The lowest BCUT2D eigenvalue weighted by atomic mass is 10.0. The second kappa shape index (κ2) is 4.14. The van der Waals surface area contributed by atoms with Crippen molar-refractivity contribution >= 4 is 6.03 Å². The van der Waals surface area contributed by atoms with Gasteiger partial charge in [0.15, 0.2) is 0 Å². The van der Waals surface area contributed by atoms with Gasteiger partial charge in [0.25, 0.3) is 0 Å². The Morgan fingerprint density at radius 2 is 1.81 bits per heavy atom. The number of rotatable bonds is 1. The van der Waals surface area contributed by atoms with Crippen molar-refractivity contribution in [3.8, 4) is 0 Å². The Kier molecular flexibility index (Phi) is 2.99. The van der Waals surface area contributed by atoms with E-state index in [1.54, 1.807) is 0 Å². The Bertz CT molecular complexity index is 268. The van der Waals surface area contributed by atoms with Crippen molar-refractivity contribution < 1.29 is 18.0 Å². The number of halogens is 3. The number of nitrogens with zero attached hydrogens (tertiary/aromatic N) is 1. The van der Waals surface area contributed by atoms with Gasteiger partial charge in [-0.15, -0.1) is 0 Å². The number of alkyl halides is 3. The molecule has 0 aromatic rings. The van der Waals surface area contributed by atoms with Crippen LogP contribution >= 0.6 is 0 Å². The molecule has 1 aliphatic heterocycles. The van der Waals surface area contributed by atoms with Crippen molar-refractivity contribution in [3.63, 3.8) is 0 Å². The minimum absolute atomic E-state index is 0.511. The van der Waals surface area contributed by atoms with Gasteiger partial charge in [0.1, 0.15) is 6.54 Å². The number of fused-ring (bicyclic) bond motifs is 1. The summed E-state index contributed by atoms with van der Waals surface area (Å²) in [6.45, 7) is 0.000378. The van der Waals surface area contributed by atoms with E-state index in [4.69, 9.17) is 0 Å². The SMILES string of the molecule is O=C(NCC(F)(F)F)N1CC2CCCC2C1. The van der Waals surface area contributed by atoms with Crippen molar-refractivity contribution in [1.29, 1.82) is 0 Å². The topological polar surface area (TPSA) is 32.3 Å². The van der Waals surface area contributed by atoms with Crippen LogP contribution in [0.15, 0.2) is 0 Å². The first-order valence-electron chi connectivity index (χ1n) is 5.55. The summed E-state index contributed by atoms with van der Waals surface area (Å²) < 4.78 is 35.7. The number of amides is 2. The molecule has 2 aliphatic rings. The molecule has 2 atom stereocenters.